The minimum Gasteiger partial charge on any atom is -0.381 e. The number of pyridine rings is 1. The van der Waals surface area contributed by atoms with Gasteiger partial charge in [0.15, 0.2) is 0 Å². The topological polar surface area (TPSA) is 54.0 Å². The molecule has 2 N–H and O–H groups in total. The fraction of sp³-hybridized carbons (Fsp3) is 0.368. The van der Waals surface area contributed by atoms with Crippen LogP contribution in [0.25, 0.3) is 0 Å². The molecular weight excluding hydrogens is 286 g/mol. The summed E-state index contributed by atoms with van der Waals surface area (Å²) in [6, 6.07) is 8.52. The van der Waals surface area contributed by atoms with Crippen LogP contribution in [0.2, 0.25) is 0 Å². The van der Waals surface area contributed by atoms with Crippen molar-refractivity contribution < 1.29 is 4.79 Å². The van der Waals surface area contributed by atoms with Crippen LogP contribution in [0, 0.1) is 6.92 Å². The molecule has 4 heteroatoms. The van der Waals surface area contributed by atoms with Gasteiger partial charge in [-0.1, -0.05) is 32.0 Å². The zero-order valence-electron chi connectivity index (χ0n) is 13.9. The normalized spacial score (nSPS) is 13.9. The molecule has 120 valence electrons. The van der Waals surface area contributed by atoms with Crippen LogP contribution in [-0.4, -0.2) is 16.9 Å². The molecule has 1 heterocycles. The van der Waals surface area contributed by atoms with Crippen LogP contribution < -0.4 is 10.6 Å². The molecule has 1 aliphatic carbocycles. The number of hydrogen-bond donors (Lipinski definition) is 2. The van der Waals surface area contributed by atoms with Gasteiger partial charge in [0, 0.05) is 24.1 Å². The van der Waals surface area contributed by atoms with Gasteiger partial charge in [-0.05, 0) is 42.9 Å². The van der Waals surface area contributed by atoms with E-state index in [9.17, 15) is 4.79 Å². The molecule has 0 radical (unpaired) electrons. The summed E-state index contributed by atoms with van der Waals surface area (Å²) < 4.78 is 0. The smallest absolute Gasteiger partial charge is 0.257 e. The summed E-state index contributed by atoms with van der Waals surface area (Å²) in [7, 11) is 0. The first-order valence-corrected chi connectivity index (χ1v) is 8.17. The van der Waals surface area contributed by atoms with Gasteiger partial charge in [0.05, 0.1) is 11.3 Å². The summed E-state index contributed by atoms with van der Waals surface area (Å²) in [6.07, 6.45) is 5.76. The number of nitrogens with zero attached hydrogens (tertiary/aromatic N) is 1. The second kappa shape index (κ2) is 6.41. The van der Waals surface area contributed by atoms with Crippen LogP contribution in [0.3, 0.4) is 0 Å². The fourth-order valence-electron chi connectivity index (χ4n) is 2.63. The summed E-state index contributed by atoms with van der Waals surface area (Å²) in [5.41, 5.74) is 4.62. The standard InChI is InChI=1S/C19H23N3O/c1-12(2)17-6-4-5-13(3)18(17)22-19(23)14-9-16(11-20-10-14)21-15-7-8-15/h4-6,9-12,15,21H,7-8H2,1-3H3,(H,22,23). The van der Waals surface area contributed by atoms with Gasteiger partial charge in [-0.3, -0.25) is 9.78 Å². The van der Waals surface area contributed by atoms with Gasteiger partial charge in [-0.15, -0.1) is 0 Å². The minimum atomic E-state index is -0.117. The molecule has 0 bridgehead atoms. The Kier molecular flexibility index (Phi) is 4.33. The van der Waals surface area contributed by atoms with Crippen molar-refractivity contribution in [1.82, 2.24) is 4.98 Å². The zero-order valence-corrected chi connectivity index (χ0v) is 13.9. The van der Waals surface area contributed by atoms with Crippen LogP contribution in [0.15, 0.2) is 36.7 Å². The number of nitrogens with one attached hydrogen (secondary N) is 2. The molecule has 23 heavy (non-hydrogen) atoms. The highest BCUT2D eigenvalue weighted by Gasteiger charge is 2.21. The van der Waals surface area contributed by atoms with E-state index in [1.807, 2.05) is 25.1 Å². The van der Waals surface area contributed by atoms with Crippen molar-refractivity contribution in [3.8, 4) is 0 Å². The lowest BCUT2D eigenvalue weighted by Crippen LogP contribution is -2.15. The van der Waals surface area contributed by atoms with Crippen LogP contribution in [0.1, 0.15) is 54.1 Å². The maximum absolute atomic E-state index is 12.6. The molecule has 1 aromatic carbocycles. The van der Waals surface area contributed by atoms with E-state index in [2.05, 4.69) is 35.5 Å². The largest absolute Gasteiger partial charge is 0.381 e. The van der Waals surface area contributed by atoms with Gasteiger partial charge in [0.25, 0.3) is 5.91 Å². The lowest BCUT2D eigenvalue weighted by atomic mass is 9.98. The first-order valence-electron chi connectivity index (χ1n) is 8.17. The van der Waals surface area contributed by atoms with Gasteiger partial charge in [0.2, 0.25) is 0 Å². The Balaban J connectivity index is 1.82. The molecular formula is C19H23N3O. The predicted octanol–water partition coefficient (Wildman–Crippen LogP) is 4.34. The van der Waals surface area contributed by atoms with Gasteiger partial charge < -0.3 is 10.6 Å². The Hall–Kier alpha value is -2.36. The molecule has 0 saturated heterocycles. The lowest BCUT2D eigenvalue weighted by molar-refractivity contribution is 0.102. The third-order valence-corrected chi connectivity index (χ3v) is 4.11. The van der Waals surface area contributed by atoms with Crippen LogP contribution in [0.4, 0.5) is 11.4 Å². The highest BCUT2D eigenvalue weighted by Crippen LogP contribution is 2.28. The molecule has 1 aromatic heterocycles. The molecule has 1 amide bonds. The number of carbonyl (C=O) groups is 1. The minimum absolute atomic E-state index is 0.117. The highest BCUT2D eigenvalue weighted by molar-refractivity contribution is 6.05. The van der Waals surface area contributed by atoms with Crippen LogP contribution in [-0.2, 0) is 0 Å². The van der Waals surface area contributed by atoms with Crippen molar-refractivity contribution >= 4 is 17.3 Å². The summed E-state index contributed by atoms with van der Waals surface area (Å²) >= 11 is 0. The summed E-state index contributed by atoms with van der Waals surface area (Å²) in [5.74, 6) is 0.235. The van der Waals surface area contributed by atoms with Gasteiger partial charge in [0.1, 0.15) is 0 Å². The quantitative estimate of drug-likeness (QED) is 0.864. The number of rotatable bonds is 5. The molecule has 0 aliphatic heterocycles. The lowest BCUT2D eigenvalue weighted by Gasteiger charge is -2.16. The van der Waals surface area contributed by atoms with E-state index in [1.165, 1.54) is 12.8 Å². The SMILES string of the molecule is Cc1cccc(C(C)C)c1NC(=O)c1cncc(NC2CC2)c1. The van der Waals surface area contributed by atoms with Crippen molar-refractivity contribution in [2.45, 2.75) is 45.6 Å². The summed E-state index contributed by atoms with van der Waals surface area (Å²) in [5, 5.41) is 6.44. The third-order valence-electron chi connectivity index (χ3n) is 4.11. The maximum Gasteiger partial charge on any atom is 0.257 e. The second-order valence-corrected chi connectivity index (χ2v) is 6.53. The van der Waals surface area contributed by atoms with Gasteiger partial charge >= 0.3 is 0 Å². The Morgan fingerprint density at radius 1 is 1.26 bits per heavy atom. The van der Waals surface area contributed by atoms with Crippen molar-refractivity contribution in [2.75, 3.05) is 10.6 Å². The average molecular weight is 309 g/mol. The first kappa shape index (κ1) is 15.5. The molecule has 0 spiro atoms. The van der Waals surface area contributed by atoms with E-state index < -0.39 is 0 Å². The molecule has 1 saturated carbocycles. The number of carbonyl (C=O) groups excluding carboxylic acids is 1. The maximum atomic E-state index is 12.6. The predicted molar refractivity (Wildman–Crippen MR) is 94.1 cm³/mol. The molecule has 1 fully saturated rings. The number of aryl methyl sites for hydroxylation is 1. The second-order valence-electron chi connectivity index (χ2n) is 6.53. The summed E-state index contributed by atoms with van der Waals surface area (Å²) in [4.78, 5) is 16.8. The Morgan fingerprint density at radius 2 is 2.04 bits per heavy atom. The zero-order chi connectivity index (χ0) is 16.4. The first-order chi connectivity index (χ1) is 11.0. The van der Waals surface area contributed by atoms with E-state index in [0.29, 0.717) is 17.5 Å². The number of hydrogen-bond acceptors (Lipinski definition) is 3. The third kappa shape index (κ3) is 3.70. The van der Waals surface area contributed by atoms with E-state index in [4.69, 9.17) is 0 Å². The molecule has 3 rings (SSSR count). The van der Waals surface area contributed by atoms with Crippen molar-refractivity contribution in [3.05, 3.63) is 53.3 Å². The molecule has 0 unspecified atom stereocenters. The van der Waals surface area contributed by atoms with Gasteiger partial charge in [-0.2, -0.15) is 0 Å². The van der Waals surface area contributed by atoms with Gasteiger partial charge in [-0.25, -0.2) is 0 Å². The van der Waals surface area contributed by atoms with E-state index >= 15 is 0 Å². The fourth-order valence-corrected chi connectivity index (χ4v) is 2.63. The van der Waals surface area contributed by atoms with E-state index in [0.717, 1.165) is 22.5 Å². The Labute approximate surface area is 137 Å². The Bertz CT molecular complexity index is 720. The number of benzene rings is 1. The van der Waals surface area contributed by atoms with E-state index in [-0.39, 0.29) is 5.91 Å². The molecule has 1 aliphatic rings. The number of aromatic nitrogens is 1. The number of amides is 1. The van der Waals surface area contributed by atoms with Crippen molar-refractivity contribution in [3.63, 3.8) is 0 Å². The highest BCUT2D eigenvalue weighted by atomic mass is 16.1. The molecule has 2 aromatic rings. The average Bonchev–Trinajstić information content (AvgIpc) is 3.33. The summed E-state index contributed by atoms with van der Waals surface area (Å²) in [6.45, 7) is 6.28. The van der Waals surface area contributed by atoms with E-state index in [1.54, 1.807) is 12.4 Å². The van der Waals surface area contributed by atoms with Crippen LogP contribution in [0.5, 0.6) is 0 Å². The Morgan fingerprint density at radius 3 is 2.74 bits per heavy atom. The van der Waals surface area contributed by atoms with Crippen molar-refractivity contribution in [2.24, 2.45) is 0 Å². The molecule has 0 atom stereocenters. The van der Waals surface area contributed by atoms with Crippen molar-refractivity contribution in [1.29, 1.82) is 0 Å². The van der Waals surface area contributed by atoms with Crippen LogP contribution >= 0.6 is 0 Å². The number of anilines is 2. The monoisotopic (exact) mass is 309 g/mol. The number of para-hydroxylation sites is 1. The molecule has 4 nitrogen and oxygen atoms in total.